The highest BCUT2D eigenvalue weighted by Crippen LogP contribution is 2.18. The van der Waals surface area contributed by atoms with Gasteiger partial charge in [-0.1, -0.05) is 321 Å². The maximum Gasteiger partial charge on any atom is 0.305 e. The summed E-state index contributed by atoms with van der Waals surface area (Å²) in [6.07, 6.45) is 75.4. The standard InChI is InChI=1S/C66H129NO5/c1-3-5-7-9-11-13-14-15-16-17-27-31-34-37-40-44-48-52-56-60-66(71)72-61-57-53-49-45-41-38-35-32-29-26-24-22-20-18-19-21-23-25-28-30-33-36-39-43-47-51-55-59-65(70)67-63(62-68)64(69)58-54-50-46-42-12-10-8-6-4-2/h18-19,63-64,68-69H,3-17,20-62H2,1-2H3,(H,67,70)/b19-18-. The average molecular weight is 1020 g/mol. The van der Waals surface area contributed by atoms with E-state index in [1.807, 2.05) is 0 Å². The fourth-order valence-electron chi connectivity index (χ4n) is 10.5. The van der Waals surface area contributed by atoms with E-state index in [4.69, 9.17) is 4.74 Å². The van der Waals surface area contributed by atoms with Crippen molar-refractivity contribution in [3.8, 4) is 0 Å². The number of allylic oxidation sites excluding steroid dienone is 2. The number of unbranched alkanes of at least 4 members (excludes halogenated alkanes) is 49. The monoisotopic (exact) mass is 1020 g/mol. The molecule has 1 amide bonds. The SMILES string of the molecule is CCCCCCCCCCCCCCCCCCCCCC(=O)OCCCCCCCCCCCCCC/C=C\CCCCCCCCCCCCCC(=O)NC(CO)C(O)CCCCCCCCCCC. The molecule has 2 unspecified atom stereocenters. The first kappa shape index (κ1) is 70.6. The van der Waals surface area contributed by atoms with Crippen molar-refractivity contribution in [1.82, 2.24) is 5.32 Å². The first-order valence-electron chi connectivity index (χ1n) is 32.9. The Hall–Kier alpha value is -1.40. The highest BCUT2D eigenvalue weighted by atomic mass is 16.5. The summed E-state index contributed by atoms with van der Waals surface area (Å²) in [5.41, 5.74) is 0. The minimum absolute atomic E-state index is 0.0205. The number of aliphatic hydroxyl groups excluding tert-OH is 2. The van der Waals surface area contributed by atoms with Gasteiger partial charge in [0, 0.05) is 12.8 Å². The molecule has 0 aliphatic heterocycles. The van der Waals surface area contributed by atoms with E-state index in [9.17, 15) is 19.8 Å². The number of hydrogen-bond acceptors (Lipinski definition) is 5. The third-order valence-electron chi connectivity index (χ3n) is 15.6. The minimum Gasteiger partial charge on any atom is -0.466 e. The summed E-state index contributed by atoms with van der Waals surface area (Å²) in [6.45, 7) is 4.96. The van der Waals surface area contributed by atoms with Crippen LogP contribution in [0, 0.1) is 0 Å². The van der Waals surface area contributed by atoms with Crippen molar-refractivity contribution in [2.24, 2.45) is 0 Å². The van der Waals surface area contributed by atoms with Crippen molar-refractivity contribution in [2.75, 3.05) is 13.2 Å². The molecule has 0 radical (unpaired) electrons. The molecule has 0 fully saturated rings. The summed E-state index contributed by atoms with van der Waals surface area (Å²) in [5.74, 6) is -0.0161. The number of amides is 1. The lowest BCUT2D eigenvalue weighted by Crippen LogP contribution is -2.45. The fraction of sp³-hybridized carbons (Fsp3) is 0.939. The van der Waals surface area contributed by atoms with Crippen molar-refractivity contribution in [1.29, 1.82) is 0 Å². The fourth-order valence-corrected chi connectivity index (χ4v) is 10.5. The molecule has 72 heavy (non-hydrogen) atoms. The average Bonchev–Trinajstić information content (AvgIpc) is 3.38. The number of ether oxygens (including phenoxy) is 1. The van der Waals surface area contributed by atoms with E-state index in [2.05, 4.69) is 31.3 Å². The Kier molecular flexibility index (Phi) is 60.9. The van der Waals surface area contributed by atoms with Crippen LogP contribution < -0.4 is 5.32 Å². The largest absolute Gasteiger partial charge is 0.466 e. The second-order valence-corrected chi connectivity index (χ2v) is 22.8. The summed E-state index contributed by atoms with van der Waals surface area (Å²) in [5, 5.41) is 23.1. The smallest absolute Gasteiger partial charge is 0.305 e. The Morgan fingerprint density at radius 1 is 0.375 bits per heavy atom. The van der Waals surface area contributed by atoms with Gasteiger partial charge in [0.05, 0.1) is 25.4 Å². The molecular weight excluding hydrogens is 887 g/mol. The zero-order valence-corrected chi connectivity index (χ0v) is 48.9. The third kappa shape index (κ3) is 57.9. The normalized spacial score (nSPS) is 12.6. The molecular formula is C66H129NO5. The molecule has 0 aliphatic rings. The molecule has 3 N–H and O–H groups in total. The van der Waals surface area contributed by atoms with E-state index < -0.39 is 12.1 Å². The number of carbonyl (C=O) groups is 2. The summed E-state index contributed by atoms with van der Waals surface area (Å²) in [7, 11) is 0. The molecule has 6 heteroatoms. The lowest BCUT2D eigenvalue weighted by molar-refractivity contribution is -0.143. The highest BCUT2D eigenvalue weighted by Gasteiger charge is 2.20. The maximum atomic E-state index is 12.4. The van der Waals surface area contributed by atoms with Gasteiger partial charge in [0.1, 0.15) is 0 Å². The quantitative estimate of drug-likeness (QED) is 0.0320. The van der Waals surface area contributed by atoms with Crippen molar-refractivity contribution >= 4 is 11.9 Å². The van der Waals surface area contributed by atoms with Crippen molar-refractivity contribution < 1.29 is 24.5 Å². The molecule has 0 aromatic carbocycles. The molecule has 6 nitrogen and oxygen atoms in total. The number of aliphatic hydroxyl groups is 2. The molecule has 0 bridgehead atoms. The second-order valence-electron chi connectivity index (χ2n) is 22.8. The zero-order chi connectivity index (χ0) is 52.2. The number of carbonyl (C=O) groups excluding carboxylic acids is 2. The van der Waals surface area contributed by atoms with Crippen LogP contribution in [0.15, 0.2) is 12.2 Å². The predicted octanol–water partition coefficient (Wildman–Crippen LogP) is 20.8. The molecule has 0 heterocycles. The first-order chi connectivity index (χ1) is 35.5. The lowest BCUT2D eigenvalue weighted by atomic mass is 10.0. The molecule has 0 aliphatic carbocycles. The Morgan fingerprint density at radius 3 is 0.986 bits per heavy atom. The van der Waals surface area contributed by atoms with Gasteiger partial charge in [0.2, 0.25) is 5.91 Å². The van der Waals surface area contributed by atoms with Crippen LogP contribution in [0.3, 0.4) is 0 Å². The van der Waals surface area contributed by atoms with E-state index in [1.165, 1.54) is 302 Å². The maximum absolute atomic E-state index is 12.4. The second kappa shape index (κ2) is 62.1. The number of nitrogens with one attached hydrogen (secondary N) is 1. The Balaban J connectivity index is 3.32. The minimum atomic E-state index is -0.662. The Bertz CT molecular complexity index is 1080. The molecule has 0 saturated heterocycles. The summed E-state index contributed by atoms with van der Waals surface area (Å²) < 4.78 is 5.51. The van der Waals surface area contributed by atoms with Crippen LogP contribution in [0.5, 0.6) is 0 Å². The van der Waals surface area contributed by atoms with Crippen LogP contribution in [0.2, 0.25) is 0 Å². The van der Waals surface area contributed by atoms with Crippen LogP contribution in [-0.2, 0) is 14.3 Å². The summed E-state index contributed by atoms with van der Waals surface area (Å²) >= 11 is 0. The van der Waals surface area contributed by atoms with Gasteiger partial charge in [-0.05, 0) is 51.4 Å². The molecule has 0 rings (SSSR count). The predicted molar refractivity (Wildman–Crippen MR) is 315 cm³/mol. The lowest BCUT2D eigenvalue weighted by Gasteiger charge is -2.22. The van der Waals surface area contributed by atoms with Crippen LogP contribution in [-0.4, -0.2) is 47.4 Å². The van der Waals surface area contributed by atoms with Crippen LogP contribution >= 0.6 is 0 Å². The van der Waals surface area contributed by atoms with E-state index in [0.717, 1.165) is 38.5 Å². The molecule has 0 aromatic heterocycles. The van der Waals surface area contributed by atoms with Gasteiger partial charge >= 0.3 is 5.97 Å². The molecule has 428 valence electrons. The number of esters is 1. The van der Waals surface area contributed by atoms with Gasteiger partial charge in [-0.3, -0.25) is 9.59 Å². The molecule has 0 spiro atoms. The van der Waals surface area contributed by atoms with Crippen molar-refractivity contribution in [3.63, 3.8) is 0 Å². The van der Waals surface area contributed by atoms with Gasteiger partial charge in [-0.15, -0.1) is 0 Å². The topological polar surface area (TPSA) is 95.9 Å². The Labute approximate surface area is 450 Å². The van der Waals surface area contributed by atoms with E-state index >= 15 is 0 Å². The van der Waals surface area contributed by atoms with Gasteiger partial charge in [0.15, 0.2) is 0 Å². The number of hydrogen-bond donors (Lipinski definition) is 3. The van der Waals surface area contributed by atoms with Gasteiger partial charge < -0.3 is 20.3 Å². The van der Waals surface area contributed by atoms with Crippen molar-refractivity contribution in [2.45, 2.75) is 386 Å². The molecule has 0 saturated carbocycles. The summed E-state index contributed by atoms with van der Waals surface area (Å²) in [6, 6.07) is -0.539. The van der Waals surface area contributed by atoms with E-state index in [1.54, 1.807) is 0 Å². The van der Waals surface area contributed by atoms with Crippen LogP contribution in [0.4, 0.5) is 0 Å². The van der Waals surface area contributed by atoms with Gasteiger partial charge in [0.25, 0.3) is 0 Å². The van der Waals surface area contributed by atoms with Crippen LogP contribution in [0.25, 0.3) is 0 Å². The van der Waals surface area contributed by atoms with Gasteiger partial charge in [-0.25, -0.2) is 0 Å². The van der Waals surface area contributed by atoms with Crippen molar-refractivity contribution in [3.05, 3.63) is 12.2 Å². The third-order valence-corrected chi connectivity index (χ3v) is 15.6. The number of rotatable bonds is 62. The van der Waals surface area contributed by atoms with Gasteiger partial charge in [-0.2, -0.15) is 0 Å². The van der Waals surface area contributed by atoms with Crippen LogP contribution in [0.1, 0.15) is 373 Å². The van der Waals surface area contributed by atoms with E-state index in [0.29, 0.717) is 25.9 Å². The summed E-state index contributed by atoms with van der Waals surface area (Å²) in [4.78, 5) is 24.5. The first-order valence-corrected chi connectivity index (χ1v) is 32.9. The molecule has 0 aromatic rings. The molecule has 2 atom stereocenters. The Morgan fingerprint density at radius 2 is 0.653 bits per heavy atom. The van der Waals surface area contributed by atoms with E-state index in [-0.39, 0.29) is 18.5 Å². The highest BCUT2D eigenvalue weighted by molar-refractivity contribution is 5.76. The zero-order valence-electron chi connectivity index (χ0n) is 48.9.